The minimum absolute atomic E-state index is 0.00926. The number of fused-ring (bicyclic) bond motifs is 1. The summed E-state index contributed by atoms with van der Waals surface area (Å²) in [4.78, 5) is 31.2. The Balaban J connectivity index is 1.41. The number of aromatic nitrogens is 4. The van der Waals surface area contributed by atoms with Gasteiger partial charge in [-0.3, -0.25) is 9.59 Å². The van der Waals surface area contributed by atoms with E-state index >= 15 is 0 Å². The van der Waals surface area contributed by atoms with Crippen molar-refractivity contribution in [2.45, 2.75) is 25.7 Å². The van der Waals surface area contributed by atoms with Crippen LogP contribution in [-0.2, 0) is 29.2 Å². The van der Waals surface area contributed by atoms with Crippen LogP contribution in [-0.4, -0.2) is 65.0 Å². The van der Waals surface area contributed by atoms with Crippen LogP contribution in [0.1, 0.15) is 22.7 Å². The minimum Gasteiger partial charge on any atom is -0.493 e. The number of nitrogens with one attached hydrogen (secondary N) is 1. The molecular weight excluding hydrogens is 635 g/mol. The quantitative estimate of drug-likeness (QED) is 0.193. The summed E-state index contributed by atoms with van der Waals surface area (Å²) < 4.78 is 42.3. The Kier molecular flexibility index (Phi) is 9.83. The maximum absolute atomic E-state index is 14.5. The van der Waals surface area contributed by atoms with E-state index in [1.54, 1.807) is 42.5 Å². The van der Waals surface area contributed by atoms with Gasteiger partial charge in [-0.2, -0.15) is 4.80 Å². The molecule has 0 radical (unpaired) electrons. The number of rotatable bonds is 13. The van der Waals surface area contributed by atoms with Crippen molar-refractivity contribution in [2.75, 3.05) is 28.1 Å². The van der Waals surface area contributed by atoms with Gasteiger partial charge in [0.05, 0.1) is 26.9 Å². The first-order valence-electron chi connectivity index (χ1n) is 15.2. The normalized spacial score (nSPS) is 12.2. The zero-order valence-electron chi connectivity index (χ0n) is 27.0. The summed E-state index contributed by atoms with van der Waals surface area (Å²) in [6.07, 6.45) is 0. The number of benzene rings is 4. The molecule has 1 aliphatic heterocycles. The predicted octanol–water partition coefficient (Wildman–Crippen LogP) is 4.32. The molecule has 4 aromatic carbocycles. The monoisotopic (exact) mass is 668 g/mol. The molecule has 14 heteroatoms. The molecular formula is C35H33FN6O7. The number of tetrazole rings is 1. The molecule has 6 rings (SSSR count). The van der Waals surface area contributed by atoms with Crippen molar-refractivity contribution >= 4 is 11.8 Å². The van der Waals surface area contributed by atoms with Crippen LogP contribution < -0.4 is 29.0 Å². The first-order chi connectivity index (χ1) is 23.9. The number of amides is 2. The highest BCUT2D eigenvalue weighted by atomic mass is 19.1. The highest BCUT2D eigenvalue weighted by molar-refractivity contribution is 5.89. The molecule has 1 atom stereocenters. The lowest BCUT2D eigenvalue weighted by molar-refractivity contribution is -0.142. The molecule has 1 aliphatic rings. The molecule has 1 N–H and O–H groups in total. The van der Waals surface area contributed by atoms with Crippen LogP contribution in [0.4, 0.5) is 4.39 Å². The zero-order chi connectivity index (χ0) is 34.3. The van der Waals surface area contributed by atoms with Crippen molar-refractivity contribution in [1.29, 1.82) is 0 Å². The number of methoxy groups -OCH3 is 3. The lowest BCUT2D eigenvalue weighted by Crippen LogP contribution is -2.44. The van der Waals surface area contributed by atoms with Gasteiger partial charge >= 0.3 is 0 Å². The maximum atomic E-state index is 14.5. The number of hydrogen-bond acceptors (Lipinski definition) is 10. The zero-order valence-corrected chi connectivity index (χ0v) is 27.0. The molecule has 0 aliphatic carbocycles. The van der Waals surface area contributed by atoms with Gasteiger partial charge in [-0.1, -0.05) is 48.5 Å². The molecule has 1 unspecified atom stereocenters. The van der Waals surface area contributed by atoms with Crippen LogP contribution in [0.15, 0.2) is 84.9 Å². The first-order valence-corrected chi connectivity index (χ1v) is 15.2. The van der Waals surface area contributed by atoms with Gasteiger partial charge in [-0.25, -0.2) is 4.39 Å². The van der Waals surface area contributed by atoms with Gasteiger partial charge in [0.2, 0.25) is 30.2 Å². The second kappa shape index (κ2) is 14.7. The molecule has 0 bridgehead atoms. The minimum atomic E-state index is -1.22. The van der Waals surface area contributed by atoms with Gasteiger partial charge < -0.3 is 33.9 Å². The fourth-order valence-corrected chi connectivity index (χ4v) is 5.45. The molecule has 0 saturated heterocycles. The Labute approximate surface area is 281 Å². The molecule has 0 fully saturated rings. The standard InChI is InChI=1S/C35H33FN6O7/c1-45-29-16-24(17-30(46-2)33(29)47-3)32(35(44)37-18-22-9-5-4-6-10-22)41(19-23-13-14-27-28(15-23)49-21-48-27)31(43)20-42-39-34(38-40-42)25-11-7-8-12-26(25)36/h4-17,32H,18-21H2,1-3H3,(H,37,44). The fraction of sp³-hybridized carbons (Fsp3) is 0.229. The lowest BCUT2D eigenvalue weighted by Gasteiger charge is -2.32. The topological polar surface area (TPSA) is 139 Å². The van der Waals surface area contributed by atoms with Crippen LogP contribution in [0.3, 0.4) is 0 Å². The summed E-state index contributed by atoms with van der Waals surface area (Å²) in [5.41, 5.74) is 2.03. The fourth-order valence-electron chi connectivity index (χ4n) is 5.45. The van der Waals surface area contributed by atoms with E-state index < -0.39 is 30.2 Å². The number of nitrogens with zero attached hydrogens (tertiary/aromatic N) is 5. The van der Waals surface area contributed by atoms with E-state index in [-0.39, 0.29) is 31.3 Å². The molecule has 0 saturated carbocycles. The number of ether oxygens (including phenoxy) is 5. The van der Waals surface area contributed by atoms with Gasteiger partial charge in [-0.15, -0.1) is 10.2 Å². The Hall–Kier alpha value is -6.18. The average molecular weight is 669 g/mol. The summed E-state index contributed by atoms with van der Waals surface area (Å²) >= 11 is 0. The summed E-state index contributed by atoms with van der Waals surface area (Å²) in [7, 11) is 4.40. The van der Waals surface area contributed by atoms with Gasteiger partial charge in [-0.05, 0) is 58.3 Å². The van der Waals surface area contributed by atoms with Gasteiger partial charge in [0.1, 0.15) is 18.4 Å². The lowest BCUT2D eigenvalue weighted by atomic mass is 10.0. The van der Waals surface area contributed by atoms with E-state index in [1.807, 2.05) is 30.3 Å². The SMILES string of the molecule is COc1cc(C(C(=O)NCc2ccccc2)N(Cc2ccc3c(c2)OCO3)C(=O)Cn2nnc(-c3ccccc3F)n2)cc(OC)c1OC. The first kappa shape index (κ1) is 32.7. The third-order valence-corrected chi connectivity index (χ3v) is 7.83. The molecule has 1 aromatic heterocycles. The molecule has 0 spiro atoms. The van der Waals surface area contributed by atoms with Gasteiger partial charge in [0.15, 0.2) is 23.0 Å². The maximum Gasteiger partial charge on any atom is 0.247 e. The van der Waals surface area contributed by atoms with Crippen molar-refractivity contribution < 1.29 is 37.7 Å². The number of carbonyl (C=O) groups is 2. The second-order valence-corrected chi connectivity index (χ2v) is 10.9. The van der Waals surface area contributed by atoms with Crippen LogP contribution in [0.5, 0.6) is 28.7 Å². The van der Waals surface area contributed by atoms with Crippen LogP contribution in [0, 0.1) is 5.82 Å². The predicted molar refractivity (Wildman–Crippen MR) is 173 cm³/mol. The highest BCUT2D eigenvalue weighted by Gasteiger charge is 2.34. The summed E-state index contributed by atoms with van der Waals surface area (Å²) in [6, 6.07) is 22.7. The van der Waals surface area contributed by atoms with E-state index in [2.05, 4.69) is 20.7 Å². The van der Waals surface area contributed by atoms with Crippen molar-refractivity contribution in [1.82, 2.24) is 30.4 Å². The van der Waals surface area contributed by atoms with E-state index in [1.165, 1.54) is 38.4 Å². The van der Waals surface area contributed by atoms with Gasteiger partial charge in [0.25, 0.3) is 0 Å². The number of halogens is 1. The van der Waals surface area contributed by atoms with E-state index in [9.17, 15) is 14.0 Å². The van der Waals surface area contributed by atoms with E-state index in [0.717, 1.165) is 10.4 Å². The Bertz CT molecular complexity index is 1930. The Morgan fingerprint density at radius 1 is 0.898 bits per heavy atom. The van der Waals surface area contributed by atoms with Crippen molar-refractivity contribution in [3.05, 3.63) is 107 Å². The third-order valence-electron chi connectivity index (χ3n) is 7.83. The third kappa shape index (κ3) is 7.22. The van der Waals surface area contributed by atoms with E-state index in [4.69, 9.17) is 23.7 Å². The van der Waals surface area contributed by atoms with Crippen molar-refractivity contribution in [2.24, 2.45) is 0 Å². The molecule has 5 aromatic rings. The Morgan fingerprint density at radius 3 is 2.33 bits per heavy atom. The van der Waals surface area contributed by atoms with Crippen molar-refractivity contribution in [3.8, 4) is 40.1 Å². The van der Waals surface area contributed by atoms with Crippen molar-refractivity contribution in [3.63, 3.8) is 0 Å². The molecule has 13 nitrogen and oxygen atoms in total. The van der Waals surface area contributed by atoms with E-state index in [0.29, 0.717) is 39.9 Å². The van der Waals surface area contributed by atoms with Gasteiger partial charge in [0, 0.05) is 13.1 Å². The summed E-state index contributed by atoms with van der Waals surface area (Å²) in [5, 5.41) is 15.2. The summed E-state index contributed by atoms with van der Waals surface area (Å²) in [6.45, 7) is -0.188. The summed E-state index contributed by atoms with van der Waals surface area (Å²) in [5.74, 6) is 0.436. The van der Waals surface area contributed by atoms with Crippen LogP contribution in [0.25, 0.3) is 11.4 Å². The van der Waals surface area contributed by atoms with Crippen LogP contribution in [0.2, 0.25) is 0 Å². The smallest absolute Gasteiger partial charge is 0.247 e. The molecule has 2 heterocycles. The second-order valence-electron chi connectivity index (χ2n) is 10.9. The average Bonchev–Trinajstić information content (AvgIpc) is 3.80. The Morgan fingerprint density at radius 2 is 1.61 bits per heavy atom. The molecule has 49 heavy (non-hydrogen) atoms. The number of carbonyl (C=O) groups excluding carboxylic acids is 2. The number of hydrogen-bond donors (Lipinski definition) is 1. The largest absolute Gasteiger partial charge is 0.493 e. The molecule has 252 valence electrons. The highest BCUT2D eigenvalue weighted by Crippen LogP contribution is 2.41. The molecule has 2 amide bonds. The van der Waals surface area contributed by atoms with Crippen LogP contribution >= 0.6 is 0 Å².